The average Bonchev–Trinajstić information content (AvgIpc) is 2.62. The molecule has 10 heavy (non-hydrogen) atoms. The van der Waals surface area contributed by atoms with Gasteiger partial charge in [0.2, 0.25) is 0 Å². The molecule has 1 saturated heterocycles. The molecule has 0 radical (unpaired) electrons. The van der Waals surface area contributed by atoms with Gasteiger partial charge in [-0.15, -0.1) is 0 Å². The Bertz CT molecular complexity index is 138. The van der Waals surface area contributed by atoms with Crippen molar-refractivity contribution in [1.29, 1.82) is 0 Å². The Balaban J connectivity index is 2.03. The number of ether oxygens (including phenoxy) is 1. The van der Waals surface area contributed by atoms with Gasteiger partial charge in [-0.3, -0.25) is 0 Å². The van der Waals surface area contributed by atoms with E-state index in [0.717, 1.165) is 12.5 Å². The van der Waals surface area contributed by atoms with Gasteiger partial charge in [0.05, 0.1) is 6.10 Å². The van der Waals surface area contributed by atoms with E-state index in [9.17, 15) is 0 Å². The van der Waals surface area contributed by atoms with Crippen LogP contribution in [0.2, 0.25) is 0 Å². The van der Waals surface area contributed by atoms with Gasteiger partial charge in [-0.1, -0.05) is 6.92 Å². The molecule has 2 atom stereocenters. The monoisotopic (exact) mass is 140 g/mol. The van der Waals surface area contributed by atoms with Crippen LogP contribution in [0.5, 0.6) is 0 Å². The third-order valence-electron chi connectivity index (χ3n) is 3.14. The molecule has 0 aromatic heterocycles. The fourth-order valence-electron chi connectivity index (χ4n) is 2.18. The van der Waals surface area contributed by atoms with Gasteiger partial charge in [0.15, 0.2) is 0 Å². The second-order valence-corrected chi connectivity index (χ2v) is 4.15. The number of rotatable bonds is 0. The first-order valence-corrected chi connectivity index (χ1v) is 4.34. The molecular weight excluding hydrogens is 124 g/mol. The third-order valence-corrected chi connectivity index (χ3v) is 3.14. The van der Waals surface area contributed by atoms with Crippen molar-refractivity contribution in [2.24, 2.45) is 11.3 Å². The average molecular weight is 140 g/mol. The largest absolute Gasteiger partial charge is 0.378 e. The molecule has 1 nitrogen and oxygen atoms in total. The first-order valence-electron chi connectivity index (χ1n) is 4.34. The lowest BCUT2D eigenvalue weighted by Gasteiger charge is -2.33. The maximum absolute atomic E-state index is 5.67. The summed E-state index contributed by atoms with van der Waals surface area (Å²) in [5.41, 5.74) is 0.637. The zero-order chi connectivity index (χ0) is 7.19. The fourth-order valence-corrected chi connectivity index (χ4v) is 2.18. The summed E-state index contributed by atoms with van der Waals surface area (Å²) in [6, 6.07) is 0. The highest BCUT2D eigenvalue weighted by Crippen LogP contribution is 2.56. The van der Waals surface area contributed by atoms with Gasteiger partial charge in [-0.05, 0) is 37.5 Å². The highest BCUT2D eigenvalue weighted by molar-refractivity contribution is 5.00. The van der Waals surface area contributed by atoms with Crippen molar-refractivity contribution in [1.82, 2.24) is 0 Å². The highest BCUT2D eigenvalue weighted by atomic mass is 16.5. The zero-order valence-corrected chi connectivity index (χ0v) is 6.89. The summed E-state index contributed by atoms with van der Waals surface area (Å²) in [7, 11) is 0. The number of hydrogen-bond donors (Lipinski definition) is 0. The first kappa shape index (κ1) is 6.66. The summed E-state index contributed by atoms with van der Waals surface area (Å²) < 4.78 is 5.67. The molecule has 1 saturated carbocycles. The van der Waals surface area contributed by atoms with Crippen LogP contribution in [0.15, 0.2) is 0 Å². The molecule has 0 aromatic carbocycles. The van der Waals surface area contributed by atoms with Crippen LogP contribution in [0.3, 0.4) is 0 Å². The van der Waals surface area contributed by atoms with Crippen molar-refractivity contribution in [3.05, 3.63) is 0 Å². The predicted molar refractivity (Wildman–Crippen MR) is 40.9 cm³/mol. The molecule has 0 amide bonds. The standard InChI is InChI=1S/C9H16O/c1-7-5-9(3-4-9)8(2)10-6-7/h7-8H,3-6H2,1-2H3. The molecule has 0 aromatic rings. The Hall–Kier alpha value is -0.0400. The van der Waals surface area contributed by atoms with E-state index in [1.165, 1.54) is 19.3 Å². The zero-order valence-electron chi connectivity index (χ0n) is 6.89. The summed E-state index contributed by atoms with van der Waals surface area (Å²) in [5.74, 6) is 0.804. The van der Waals surface area contributed by atoms with E-state index in [-0.39, 0.29) is 0 Å². The number of hydrogen-bond acceptors (Lipinski definition) is 1. The van der Waals surface area contributed by atoms with Gasteiger partial charge in [0, 0.05) is 6.61 Å². The van der Waals surface area contributed by atoms with Crippen LogP contribution in [0.25, 0.3) is 0 Å². The van der Waals surface area contributed by atoms with Crippen molar-refractivity contribution in [3.63, 3.8) is 0 Å². The SMILES string of the molecule is CC1COC(C)C2(CC2)C1. The predicted octanol–water partition coefficient (Wildman–Crippen LogP) is 2.21. The van der Waals surface area contributed by atoms with Crippen molar-refractivity contribution in [2.45, 2.75) is 39.2 Å². The Labute approximate surface area is 62.8 Å². The van der Waals surface area contributed by atoms with Crippen LogP contribution < -0.4 is 0 Å². The second kappa shape index (κ2) is 1.97. The molecule has 0 N–H and O–H groups in total. The molecule has 2 rings (SSSR count). The van der Waals surface area contributed by atoms with E-state index >= 15 is 0 Å². The Morgan fingerprint density at radius 1 is 1.30 bits per heavy atom. The quantitative estimate of drug-likeness (QED) is 0.501. The van der Waals surface area contributed by atoms with E-state index in [1.54, 1.807) is 0 Å². The van der Waals surface area contributed by atoms with Crippen LogP contribution >= 0.6 is 0 Å². The summed E-state index contributed by atoms with van der Waals surface area (Å²) in [6.45, 7) is 5.52. The molecule has 2 unspecified atom stereocenters. The lowest BCUT2D eigenvalue weighted by Crippen LogP contribution is -2.32. The van der Waals surface area contributed by atoms with E-state index in [1.807, 2.05) is 0 Å². The van der Waals surface area contributed by atoms with Gasteiger partial charge in [0.25, 0.3) is 0 Å². The molecule has 58 valence electrons. The van der Waals surface area contributed by atoms with Crippen LogP contribution in [0.1, 0.15) is 33.1 Å². The van der Waals surface area contributed by atoms with E-state index < -0.39 is 0 Å². The minimum atomic E-state index is 0.545. The molecule has 1 heteroatoms. The molecule has 2 fully saturated rings. The van der Waals surface area contributed by atoms with E-state index in [2.05, 4.69) is 13.8 Å². The minimum Gasteiger partial charge on any atom is -0.378 e. The summed E-state index contributed by atoms with van der Waals surface area (Å²) in [6.07, 6.45) is 4.79. The summed E-state index contributed by atoms with van der Waals surface area (Å²) in [4.78, 5) is 0. The van der Waals surface area contributed by atoms with Crippen LogP contribution in [0.4, 0.5) is 0 Å². The molecule has 1 aliphatic heterocycles. The highest BCUT2D eigenvalue weighted by Gasteiger charge is 2.50. The maximum Gasteiger partial charge on any atom is 0.0603 e. The fraction of sp³-hybridized carbons (Fsp3) is 1.00. The van der Waals surface area contributed by atoms with Gasteiger partial charge in [0.1, 0.15) is 0 Å². The molecule has 1 spiro atoms. The van der Waals surface area contributed by atoms with Crippen LogP contribution in [-0.2, 0) is 4.74 Å². The van der Waals surface area contributed by atoms with Crippen molar-refractivity contribution < 1.29 is 4.74 Å². The molecule has 2 aliphatic rings. The Kier molecular flexibility index (Phi) is 1.31. The Morgan fingerprint density at radius 2 is 2.00 bits per heavy atom. The first-order chi connectivity index (χ1) is 4.73. The van der Waals surface area contributed by atoms with E-state index in [0.29, 0.717) is 11.5 Å². The topological polar surface area (TPSA) is 9.23 Å². The lowest BCUT2D eigenvalue weighted by molar-refractivity contribution is -0.0529. The van der Waals surface area contributed by atoms with E-state index in [4.69, 9.17) is 4.74 Å². The van der Waals surface area contributed by atoms with Crippen molar-refractivity contribution in [2.75, 3.05) is 6.61 Å². The van der Waals surface area contributed by atoms with Gasteiger partial charge >= 0.3 is 0 Å². The van der Waals surface area contributed by atoms with Gasteiger partial charge in [-0.2, -0.15) is 0 Å². The lowest BCUT2D eigenvalue weighted by atomic mass is 9.86. The second-order valence-electron chi connectivity index (χ2n) is 4.15. The summed E-state index contributed by atoms with van der Waals surface area (Å²) in [5, 5.41) is 0. The Morgan fingerprint density at radius 3 is 2.50 bits per heavy atom. The molecule has 0 bridgehead atoms. The third kappa shape index (κ3) is 0.878. The normalized spacial score (nSPS) is 43.8. The smallest absolute Gasteiger partial charge is 0.0603 e. The van der Waals surface area contributed by atoms with Gasteiger partial charge < -0.3 is 4.74 Å². The molecular formula is C9H16O. The van der Waals surface area contributed by atoms with Gasteiger partial charge in [-0.25, -0.2) is 0 Å². The summed E-state index contributed by atoms with van der Waals surface area (Å²) >= 11 is 0. The van der Waals surface area contributed by atoms with Crippen LogP contribution in [0, 0.1) is 11.3 Å². The maximum atomic E-state index is 5.67. The van der Waals surface area contributed by atoms with Crippen molar-refractivity contribution >= 4 is 0 Å². The van der Waals surface area contributed by atoms with Crippen LogP contribution in [-0.4, -0.2) is 12.7 Å². The molecule has 1 aliphatic carbocycles. The van der Waals surface area contributed by atoms with Crippen molar-refractivity contribution in [3.8, 4) is 0 Å². The minimum absolute atomic E-state index is 0.545. The molecule has 1 heterocycles.